The van der Waals surface area contributed by atoms with E-state index in [1.165, 1.54) is 18.4 Å². The third-order valence-corrected chi connectivity index (χ3v) is 2.31. The second-order valence-corrected chi connectivity index (χ2v) is 4.41. The second kappa shape index (κ2) is 2.98. The Morgan fingerprint density at radius 1 is 1.55 bits per heavy atom. The van der Waals surface area contributed by atoms with Crippen LogP contribution in [0.3, 0.4) is 0 Å². The minimum atomic E-state index is -0.265. The molecule has 1 heteroatoms. The van der Waals surface area contributed by atoms with E-state index in [4.69, 9.17) is 5.11 Å². The highest BCUT2D eigenvalue weighted by Crippen LogP contribution is 2.40. The monoisotopic (exact) mass is 154 g/mol. The van der Waals surface area contributed by atoms with E-state index in [0.29, 0.717) is 5.41 Å². The molecule has 1 N–H and O–H groups in total. The van der Waals surface area contributed by atoms with Crippen molar-refractivity contribution in [3.8, 4) is 0 Å². The molecule has 64 valence electrons. The Morgan fingerprint density at radius 2 is 2.18 bits per heavy atom. The molecular weight excluding hydrogens is 136 g/mol. The first-order chi connectivity index (χ1) is 4.99. The molecule has 11 heavy (non-hydrogen) atoms. The van der Waals surface area contributed by atoms with Gasteiger partial charge in [-0.25, -0.2) is 0 Å². The van der Waals surface area contributed by atoms with Gasteiger partial charge in [0.1, 0.15) is 0 Å². The van der Waals surface area contributed by atoms with E-state index in [1.807, 2.05) is 13.0 Å². The van der Waals surface area contributed by atoms with Crippen molar-refractivity contribution >= 4 is 0 Å². The van der Waals surface area contributed by atoms with E-state index in [2.05, 4.69) is 13.8 Å². The van der Waals surface area contributed by atoms with Crippen molar-refractivity contribution in [1.29, 1.82) is 0 Å². The van der Waals surface area contributed by atoms with Crippen molar-refractivity contribution in [2.75, 3.05) is 0 Å². The third-order valence-electron chi connectivity index (χ3n) is 2.31. The largest absolute Gasteiger partial charge is 0.389 e. The van der Waals surface area contributed by atoms with Crippen molar-refractivity contribution in [2.45, 2.75) is 46.1 Å². The van der Waals surface area contributed by atoms with Crippen LogP contribution in [0.25, 0.3) is 0 Å². The summed E-state index contributed by atoms with van der Waals surface area (Å²) in [6, 6.07) is 0. The molecule has 1 atom stereocenters. The van der Waals surface area contributed by atoms with Gasteiger partial charge in [0, 0.05) is 0 Å². The molecule has 0 spiro atoms. The average Bonchev–Trinajstić information content (AvgIpc) is 2.08. The van der Waals surface area contributed by atoms with Crippen LogP contribution in [0.15, 0.2) is 11.6 Å². The van der Waals surface area contributed by atoms with Gasteiger partial charge in [0.2, 0.25) is 0 Å². The highest BCUT2D eigenvalue weighted by molar-refractivity contribution is 5.12. The lowest BCUT2D eigenvalue weighted by Gasteiger charge is -2.14. The zero-order valence-corrected chi connectivity index (χ0v) is 7.72. The molecule has 1 rings (SSSR count). The Bertz CT molecular complexity index is 166. The first-order valence-corrected chi connectivity index (χ1v) is 4.37. The van der Waals surface area contributed by atoms with Crippen LogP contribution in [0, 0.1) is 5.41 Å². The molecule has 0 saturated heterocycles. The van der Waals surface area contributed by atoms with Crippen LogP contribution < -0.4 is 0 Å². The van der Waals surface area contributed by atoms with E-state index < -0.39 is 0 Å². The Labute approximate surface area is 69.1 Å². The maximum atomic E-state index is 9.11. The van der Waals surface area contributed by atoms with Crippen molar-refractivity contribution in [2.24, 2.45) is 5.41 Å². The third kappa shape index (κ3) is 2.66. The van der Waals surface area contributed by atoms with Crippen LogP contribution in [-0.2, 0) is 0 Å². The number of rotatable bonds is 1. The first-order valence-electron chi connectivity index (χ1n) is 4.37. The molecule has 0 heterocycles. The van der Waals surface area contributed by atoms with Gasteiger partial charge in [0.05, 0.1) is 6.10 Å². The number of hydrogen-bond acceptors (Lipinski definition) is 1. The summed E-state index contributed by atoms with van der Waals surface area (Å²) >= 11 is 0. The summed E-state index contributed by atoms with van der Waals surface area (Å²) in [7, 11) is 0. The fraction of sp³-hybridized carbons (Fsp3) is 0.800. The van der Waals surface area contributed by atoms with E-state index >= 15 is 0 Å². The van der Waals surface area contributed by atoms with Crippen LogP contribution in [0.4, 0.5) is 0 Å². The van der Waals surface area contributed by atoms with Crippen LogP contribution in [0.2, 0.25) is 0 Å². The van der Waals surface area contributed by atoms with Gasteiger partial charge in [-0.1, -0.05) is 25.5 Å². The molecular formula is C10H18O. The Morgan fingerprint density at radius 3 is 2.55 bits per heavy atom. The van der Waals surface area contributed by atoms with Crippen LogP contribution in [-0.4, -0.2) is 11.2 Å². The zero-order valence-electron chi connectivity index (χ0n) is 7.72. The van der Waals surface area contributed by atoms with E-state index in [1.54, 1.807) is 0 Å². The van der Waals surface area contributed by atoms with Gasteiger partial charge in [0.15, 0.2) is 0 Å². The summed E-state index contributed by atoms with van der Waals surface area (Å²) in [6.45, 7) is 6.39. The molecule has 1 aliphatic carbocycles. The van der Waals surface area contributed by atoms with Crippen molar-refractivity contribution in [3.63, 3.8) is 0 Å². The lowest BCUT2D eigenvalue weighted by Crippen LogP contribution is -2.03. The van der Waals surface area contributed by atoms with Gasteiger partial charge >= 0.3 is 0 Å². The maximum absolute atomic E-state index is 9.11. The Balaban J connectivity index is 2.54. The quantitative estimate of drug-likeness (QED) is 0.575. The minimum absolute atomic E-state index is 0.265. The number of aliphatic hydroxyl groups is 1. The average molecular weight is 154 g/mol. The number of hydrogen-bond donors (Lipinski definition) is 1. The van der Waals surface area contributed by atoms with E-state index in [-0.39, 0.29) is 6.10 Å². The van der Waals surface area contributed by atoms with Gasteiger partial charge in [0.25, 0.3) is 0 Å². The predicted molar refractivity (Wildman–Crippen MR) is 47.4 cm³/mol. The summed E-state index contributed by atoms with van der Waals surface area (Å²) in [6.07, 6.45) is 5.34. The highest BCUT2D eigenvalue weighted by Gasteiger charge is 2.26. The molecule has 0 aromatic heterocycles. The molecule has 0 aromatic carbocycles. The molecule has 0 radical (unpaired) electrons. The van der Waals surface area contributed by atoms with Crippen LogP contribution in [0.5, 0.6) is 0 Å². The van der Waals surface area contributed by atoms with Gasteiger partial charge in [-0.15, -0.1) is 0 Å². The minimum Gasteiger partial charge on any atom is -0.389 e. The normalized spacial score (nSPS) is 29.3. The van der Waals surface area contributed by atoms with Gasteiger partial charge < -0.3 is 5.11 Å². The lowest BCUT2D eigenvalue weighted by atomic mass is 9.91. The molecule has 0 aliphatic heterocycles. The van der Waals surface area contributed by atoms with Crippen molar-refractivity contribution < 1.29 is 5.11 Å². The number of aliphatic hydroxyl groups excluding tert-OH is 1. The molecule has 1 fully saturated rings. The molecule has 0 amide bonds. The lowest BCUT2D eigenvalue weighted by molar-refractivity contribution is 0.242. The van der Waals surface area contributed by atoms with Crippen LogP contribution in [0.1, 0.15) is 40.0 Å². The molecule has 1 unspecified atom stereocenters. The van der Waals surface area contributed by atoms with Crippen LogP contribution >= 0.6 is 0 Å². The topological polar surface area (TPSA) is 20.2 Å². The van der Waals surface area contributed by atoms with E-state index in [9.17, 15) is 0 Å². The number of allylic oxidation sites excluding steroid dienone is 1. The summed E-state index contributed by atoms with van der Waals surface area (Å²) in [5, 5.41) is 9.11. The molecule has 0 bridgehead atoms. The maximum Gasteiger partial charge on any atom is 0.0695 e. The molecule has 0 aromatic rings. The second-order valence-electron chi connectivity index (χ2n) is 4.41. The van der Waals surface area contributed by atoms with E-state index in [0.717, 1.165) is 6.42 Å². The molecule has 1 saturated carbocycles. The summed E-state index contributed by atoms with van der Waals surface area (Å²) in [5.74, 6) is 0. The summed E-state index contributed by atoms with van der Waals surface area (Å²) < 4.78 is 0. The SMILES string of the molecule is CC(O)/C=C1/CCC(C)(C)C1. The zero-order chi connectivity index (χ0) is 8.48. The van der Waals surface area contributed by atoms with Crippen molar-refractivity contribution in [1.82, 2.24) is 0 Å². The predicted octanol–water partition coefficient (Wildman–Crippen LogP) is 2.50. The Kier molecular flexibility index (Phi) is 2.38. The standard InChI is InChI=1S/C10H18O/c1-8(11)6-9-4-5-10(2,3)7-9/h6,8,11H,4-5,7H2,1-3H3/b9-6-. The summed E-state index contributed by atoms with van der Waals surface area (Å²) in [5.41, 5.74) is 1.91. The van der Waals surface area contributed by atoms with Gasteiger partial charge in [-0.3, -0.25) is 0 Å². The van der Waals surface area contributed by atoms with Crippen molar-refractivity contribution in [3.05, 3.63) is 11.6 Å². The fourth-order valence-corrected chi connectivity index (χ4v) is 1.77. The molecule has 1 nitrogen and oxygen atoms in total. The van der Waals surface area contributed by atoms with Gasteiger partial charge in [-0.2, -0.15) is 0 Å². The smallest absolute Gasteiger partial charge is 0.0695 e. The Hall–Kier alpha value is -0.300. The summed E-state index contributed by atoms with van der Waals surface area (Å²) in [4.78, 5) is 0. The fourth-order valence-electron chi connectivity index (χ4n) is 1.77. The first kappa shape index (κ1) is 8.79. The van der Waals surface area contributed by atoms with Gasteiger partial charge in [-0.05, 0) is 31.6 Å². The highest BCUT2D eigenvalue weighted by atomic mass is 16.3. The molecule has 1 aliphatic rings.